The third-order valence-corrected chi connectivity index (χ3v) is 3.86. The Bertz CT molecular complexity index is 615. The van der Waals surface area contributed by atoms with E-state index >= 15 is 0 Å². The number of amides is 1. The lowest BCUT2D eigenvalue weighted by atomic mass is 10.1. The van der Waals surface area contributed by atoms with Crippen molar-refractivity contribution < 1.29 is 18.7 Å². The average Bonchev–Trinajstić information content (AvgIpc) is 3.11. The van der Waals surface area contributed by atoms with Crippen LogP contribution in [-0.4, -0.2) is 26.2 Å². The molecule has 1 amide bonds. The molecule has 0 saturated heterocycles. The molecule has 0 saturated carbocycles. The summed E-state index contributed by atoms with van der Waals surface area (Å²) in [6.07, 6.45) is 4.42. The van der Waals surface area contributed by atoms with E-state index in [4.69, 9.17) is 13.9 Å². The van der Waals surface area contributed by atoms with E-state index in [1.54, 1.807) is 20.5 Å². The number of carbonyl (C=O) groups excluding carboxylic acids is 1. The molecule has 2 aromatic rings. The molecular weight excluding hydrogens is 306 g/mol. The molecule has 1 heterocycles. The van der Waals surface area contributed by atoms with Crippen LogP contribution in [0.15, 0.2) is 41.0 Å². The molecule has 1 aromatic heterocycles. The number of hydrogen-bond donors (Lipinski definition) is 1. The van der Waals surface area contributed by atoms with Crippen LogP contribution in [0.4, 0.5) is 0 Å². The first-order valence-corrected chi connectivity index (χ1v) is 8.14. The summed E-state index contributed by atoms with van der Waals surface area (Å²) in [5.41, 5.74) is 1.02. The fraction of sp³-hybridized carbons (Fsp3) is 0.421. The van der Waals surface area contributed by atoms with Crippen molar-refractivity contribution in [2.45, 2.75) is 38.6 Å². The summed E-state index contributed by atoms with van der Waals surface area (Å²) in [5, 5.41) is 3.03. The maximum Gasteiger partial charge on any atom is 0.220 e. The fourth-order valence-corrected chi connectivity index (χ4v) is 2.50. The number of rotatable bonds is 9. The smallest absolute Gasteiger partial charge is 0.220 e. The molecule has 2 rings (SSSR count). The lowest BCUT2D eigenvalue weighted by Gasteiger charge is -2.13. The summed E-state index contributed by atoms with van der Waals surface area (Å²) >= 11 is 0. The zero-order chi connectivity index (χ0) is 17.4. The van der Waals surface area contributed by atoms with Gasteiger partial charge in [0.2, 0.25) is 5.91 Å². The highest BCUT2D eigenvalue weighted by Crippen LogP contribution is 2.23. The molecule has 1 aromatic carbocycles. The van der Waals surface area contributed by atoms with Gasteiger partial charge in [0.1, 0.15) is 17.3 Å². The van der Waals surface area contributed by atoms with Crippen LogP contribution >= 0.6 is 0 Å². The normalized spacial score (nSPS) is 11.8. The Morgan fingerprint density at radius 2 is 1.88 bits per heavy atom. The van der Waals surface area contributed by atoms with Gasteiger partial charge in [0.05, 0.1) is 20.5 Å². The second-order valence-electron chi connectivity index (χ2n) is 5.81. The van der Waals surface area contributed by atoms with Gasteiger partial charge in [-0.25, -0.2) is 0 Å². The van der Waals surface area contributed by atoms with E-state index in [1.807, 2.05) is 37.3 Å². The molecule has 0 spiro atoms. The Morgan fingerprint density at radius 3 is 2.46 bits per heavy atom. The maximum absolute atomic E-state index is 12.1. The summed E-state index contributed by atoms with van der Waals surface area (Å²) in [6, 6.07) is 9.61. The molecule has 1 atom stereocenters. The van der Waals surface area contributed by atoms with Crippen LogP contribution in [-0.2, 0) is 17.6 Å². The molecule has 0 bridgehead atoms. The SMILES string of the molecule is COc1cc(CCC(=O)NC(C)CCc2ccco2)cc(OC)c1. The second-order valence-corrected chi connectivity index (χ2v) is 5.81. The van der Waals surface area contributed by atoms with E-state index in [0.717, 1.165) is 35.7 Å². The van der Waals surface area contributed by atoms with Gasteiger partial charge < -0.3 is 19.2 Å². The van der Waals surface area contributed by atoms with Crippen LogP contribution in [0.3, 0.4) is 0 Å². The van der Waals surface area contributed by atoms with E-state index < -0.39 is 0 Å². The van der Waals surface area contributed by atoms with Crippen LogP contribution in [0.1, 0.15) is 31.1 Å². The van der Waals surface area contributed by atoms with Gasteiger partial charge in [0.25, 0.3) is 0 Å². The molecule has 130 valence electrons. The summed E-state index contributed by atoms with van der Waals surface area (Å²) < 4.78 is 15.8. The van der Waals surface area contributed by atoms with Crippen LogP contribution in [0.5, 0.6) is 11.5 Å². The van der Waals surface area contributed by atoms with Gasteiger partial charge >= 0.3 is 0 Å². The third-order valence-electron chi connectivity index (χ3n) is 3.86. The van der Waals surface area contributed by atoms with Gasteiger partial charge in [-0.1, -0.05) is 0 Å². The number of aryl methyl sites for hydroxylation is 2. The second kappa shape index (κ2) is 9.01. The minimum atomic E-state index is 0.0451. The first-order chi connectivity index (χ1) is 11.6. The maximum atomic E-state index is 12.1. The third kappa shape index (κ3) is 5.65. The number of furan rings is 1. The lowest BCUT2D eigenvalue weighted by molar-refractivity contribution is -0.121. The van der Waals surface area contributed by atoms with Gasteiger partial charge in [-0.3, -0.25) is 4.79 Å². The van der Waals surface area contributed by atoms with E-state index in [-0.39, 0.29) is 11.9 Å². The van der Waals surface area contributed by atoms with E-state index in [1.165, 1.54) is 0 Å². The van der Waals surface area contributed by atoms with Crippen molar-refractivity contribution in [3.8, 4) is 11.5 Å². The Labute approximate surface area is 143 Å². The van der Waals surface area contributed by atoms with E-state index in [2.05, 4.69) is 5.32 Å². The number of benzene rings is 1. The lowest BCUT2D eigenvalue weighted by Crippen LogP contribution is -2.33. The van der Waals surface area contributed by atoms with E-state index in [9.17, 15) is 4.79 Å². The Balaban J connectivity index is 1.78. The molecule has 0 aliphatic carbocycles. The Hall–Kier alpha value is -2.43. The monoisotopic (exact) mass is 331 g/mol. The van der Waals surface area contributed by atoms with E-state index in [0.29, 0.717) is 12.8 Å². The zero-order valence-corrected chi connectivity index (χ0v) is 14.5. The first kappa shape index (κ1) is 17.9. The topological polar surface area (TPSA) is 60.7 Å². The molecule has 5 heteroatoms. The molecule has 0 fully saturated rings. The van der Waals surface area contributed by atoms with Crippen molar-refractivity contribution >= 4 is 5.91 Å². The molecule has 0 aliphatic heterocycles. The Kier molecular flexibility index (Phi) is 6.73. The van der Waals surface area contributed by atoms with Gasteiger partial charge in [0, 0.05) is 24.9 Å². The number of carbonyl (C=O) groups is 1. The number of nitrogens with one attached hydrogen (secondary N) is 1. The highest BCUT2D eigenvalue weighted by atomic mass is 16.5. The zero-order valence-electron chi connectivity index (χ0n) is 14.5. The highest BCUT2D eigenvalue weighted by Gasteiger charge is 2.10. The van der Waals surface area contributed by atoms with Crippen LogP contribution in [0, 0.1) is 0 Å². The quantitative estimate of drug-likeness (QED) is 0.765. The standard InChI is InChI=1S/C19H25NO4/c1-14(6-8-16-5-4-10-24-16)20-19(21)9-7-15-11-17(22-2)13-18(12-15)23-3/h4-5,10-14H,6-9H2,1-3H3,(H,20,21). The highest BCUT2D eigenvalue weighted by molar-refractivity contribution is 5.76. The van der Waals surface area contributed by atoms with Crippen molar-refractivity contribution in [2.75, 3.05) is 14.2 Å². The molecular formula is C19H25NO4. The average molecular weight is 331 g/mol. The summed E-state index contributed by atoms with van der Waals surface area (Å²) in [4.78, 5) is 12.1. The fourth-order valence-electron chi connectivity index (χ4n) is 2.50. The molecule has 5 nitrogen and oxygen atoms in total. The van der Waals surface area contributed by atoms with Gasteiger partial charge in [-0.2, -0.15) is 0 Å². The Morgan fingerprint density at radius 1 is 1.17 bits per heavy atom. The van der Waals surface area contributed by atoms with Crippen LogP contribution < -0.4 is 14.8 Å². The molecule has 0 radical (unpaired) electrons. The molecule has 0 aliphatic rings. The van der Waals surface area contributed by atoms with Gasteiger partial charge in [-0.05, 0) is 49.6 Å². The van der Waals surface area contributed by atoms with Crippen LogP contribution in [0.25, 0.3) is 0 Å². The molecule has 24 heavy (non-hydrogen) atoms. The first-order valence-electron chi connectivity index (χ1n) is 8.14. The summed E-state index contributed by atoms with van der Waals surface area (Å²) in [7, 11) is 3.23. The van der Waals surface area contributed by atoms with Crippen molar-refractivity contribution in [1.29, 1.82) is 0 Å². The predicted molar refractivity (Wildman–Crippen MR) is 92.5 cm³/mol. The predicted octanol–water partition coefficient (Wildman–Crippen LogP) is 3.37. The molecule has 1 unspecified atom stereocenters. The number of methoxy groups -OCH3 is 2. The summed E-state index contributed by atoms with van der Waals surface area (Å²) in [6.45, 7) is 2.01. The number of hydrogen-bond acceptors (Lipinski definition) is 4. The minimum absolute atomic E-state index is 0.0451. The summed E-state index contributed by atoms with van der Waals surface area (Å²) in [5.74, 6) is 2.46. The van der Waals surface area contributed by atoms with Gasteiger partial charge in [-0.15, -0.1) is 0 Å². The molecule has 1 N–H and O–H groups in total. The van der Waals surface area contributed by atoms with Gasteiger partial charge in [0.15, 0.2) is 0 Å². The largest absolute Gasteiger partial charge is 0.497 e. The van der Waals surface area contributed by atoms with Crippen molar-refractivity contribution in [1.82, 2.24) is 5.32 Å². The van der Waals surface area contributed by atoms with Crippen LogP contribution in [0.2, 0.25) is 0 Å². The van der Waals surface area contributed by atoms with Crippen molar-refractivity contribution in [3.63, 3.8) is 0 Å². The van der Waals surface area contributed by atoms with Crippen molar-refractivity contribution in [3.05, 3.63) is 47.9 Å². The number of ether oxygens (including phenoxy) is 2. The van der Waals surface area contributed by atoms with Crippen molar-refractivity contribution in [2.24, 2.45) is 0 Å². The minimum Gasteiger partial charge on any atom is -0.497 e.